The van der Waals surface area contributed by atoms with Gasteiger partial charge in [-0.2, -0.15) is 0 Å². The molecule has 164 valence electrons. The zero-order chi connectivity index (χ0) is 22.8. The molecule has 1 amide bonds. The third-order valence-corrected chi connectivity index (χ3v) is 6.43. The first-order chi connectivity index (χ1) is 15.3. The lowest BCUT2D eigenvalue weighted by atomic mass is 10.1. The number of amides is 1. The molecule has 0 unspecified atom stereocenters. The summed E-state index contributed by atoms with van der Waals surface area (Å²) in [6.45, 7) is 2.18. The second-order valence-corrected chi connectivity index (χ2v) is 8.98. The molecule has 0 bridgehead atoms. The van der Waals surface area contributed by atoms with Gasteiger partial charge in [0.2, 0.25) is 5.91 Å². The average molecular weight is 508 g/mol. The molecule has 0 saturated heterocycles. The van der Waals surface area contributed by atoms with E-state index in [0.717, 1.165) is 11.1 Å². The third-order valence-electron chi connectivity index (χ3n) is 5.12. The molecule has 0 fully saturated rings. The van der Waals surface area contributed by atoms with Crippen LogP contribution in [0.1, 0.15) is 29.9 Å². The quantitative estimate of drug-likeness (QED) is 0.323. The first kappa shape index (κ1) is 22.9. The van der Waals surface area contributed by atoms with E-state index in [2.05, 4.69) is 10.3 Å². The molecule has 0 aliphatic carbocycles. The fourth-order valence-corrected chi connectivity index (χ4v) is 4.28. The Balaban J connectivity index is 1.71. The van der Waals surface area contributed by atoms with Crippen molar-refractivity contribution >= 4 is 63.3 Å². The topological polar surface area (TPSA) is 59.8 Å². The van der Waals surface area contributed by atoms with Gasteiger partial charge < -0.3 is 9.88 Å². The Morgan fingerprint density at radius 3 is 2.56 bits per heavy atom. The number of imidazole rings is 1. The highest BCUT2D eigenvalue weighted by Crippen LogP contribution is 2.32. The minimum atomic E-state index is -0.560. The molecule has 2 heterocycles. The van der Waals surface area contributed by atoms with Crippen molar-refractivity contribution in [3.8, 4) is 0 Å². The Kier molecular flexibility index (Phi) is 6.91. The molecule has 5 nitrogen and oxygen atoms in total. The lowest BCUT2D eigenvalue weighted by Crippen LogP contribution is -2.31. The summed E-state index contributed by atoms with van der Waals surface area (Å²) >= 11 is 24.9. The summed E-state index contributed by atoms with van der Waals surface area (Å²) in [5.41, 5.74) is 3.11. The highest BCUT2D eigenvalue weighted by atomic mass is 35.5. The van der Waals surface area contributed by atoms with E-state index in [1.54, 1.807) is 36.7 Å². The molecule has 2 aromatic carbocycles. The Morgan fingerprint density at radius 2 is 1.84 bits per heavy atom. The van der Waals surface area contributed by atoms with Gasteiger partial charge in [-0.3, -0.25) is 9.78 Å². The smallest absolute Gasteiger partial charge is 0.243 e. The summed E-state index contributed by atoms with van der Waals surface area (Å²) in [6, 6.07) is 11.9. The number of fused-ring (bicyclic) bond motifs is 1. The van der Waals surface area contributed by atoms with E-state index in [1.807, 2.05) is 29.7 Å². The molecule has 32 heavy (non-hydrogen) atoms. The fourth-order valence-electron chi connectivity index (χ4n) is 3.49. The number of carbonyl (C=O) groups is 1. The molecule has 9 heteroatoms. The first-order valence-electron chi connectivity index (χ1n) is 9.80. The summed E-state index contributed by atoms with van der Waals surface area (Å²) in [5, 5.41) is 4.82. The van der Waals surface area contributed by atoms with Crippen LogP contribution in [0.15, 0.2) is 54.9 Å². The van der Waals surface area contributed by atoms with E-state index >= 15 is 0 Å². The number of halogens is 4. The predicted octanol–water partition coefficient (Wildman–Crippen LogP) is 6.51. The highest BCUT2D eigenvalue weighted by Gasteiger charge is 2.23. The van der Waals surface area contributed by atoms with Gasteiger partial charge in [0.25, 0.3) is 0 Å². The van der Waals surface area contributed by atoms with Gasteiger partial charge in [0.05, 0.1) is 21.1 Å². The molecule has 0 aliphatic heterocycles. The Labute approximate surface area is 205 Å². The second kappa shape index (κ2) is 9.67. The number of nitrogens with zero attached hydrogens (tertiary/aromatic N) is 3. The second-order valence-electron chi connectivity index (χ2n) is 7.32. The number of hydrogen-bond donors (Lipinski definition) is 1. The molecular formula is C23H18Cl4N4O. The van der Waals surface area contributed by atoms with Crippen LogP contribution in [0.25, 0.3) is 11.0 Å². The summed E-state index contributed by atoms with van der Waals surface area (Å²) in [7, 11) is 0. The molecule has 4 aromatic rings. The SMILES string of the molecule is C[C@@H](C(=O)NCc1cccnc1)n1c(Cc2ccc(Cl)cc2Cl)nc2cc(Cl)c(Cl)cc21. The maximum Gasteiger partial charge on any atom is 0.243 e. The molecule has 0 radical (unpaired) electrons. The van der Waals surface area contributed by atoms with Gasteiger partial charge in [-0.25, -0.2) is 4.98 Å². The maximum atomic E-state index is 13.0. The highest BCUT2D eigenvalue weighted by molar-refractivity contribution is 6.42. The van der Waals surface area contributed by atoms with Gasteiger partial charge in [0, 0.05) is 35.4 Å². The van der Waals surface area contributed by atoms with Crippen LogP contribution in [0.4, 0.5) is 0 Å². The van der Waals surface area contributed by atoms with Crippen LogP contribution in [0, 0.1) is 0 Å². The first-order valence-corrected chi connectivity index (χ1v) is 11.3. The fraction of sp³-hybridized carbons (Fsp3) is 0.174. The van der Waals surface area contributed by atoms with Crippen LogP contribution in [0.3, 0.4) is 0 Å². The monoisotopic (exact) mass is 506 g/mol. The summed E-state index contributed by atoms with van der Waals surface area (Å²) in [5.74, 6) is 0.495. The van der Waals surface area contributed by atoms with Gasteiger partial charge in [-0.05, 0) is 48.4 Å². The normalized spacial score (nSPS) is 12.2. The summed E-state index contributed by atoms with van der Waals surface area (Å²) in [4.78, 5) is 21.9. The van der Waals surface area contributed by atoms with E-state index in [-0.39, 0.29) is 5.91 Å². The lowest BCUT2D eigenvalue weighted by molar-refractivity contribution is -0.124. The van der Waals surface area contributed by atoms with Crippen molar-refractivity contribution in [1.29, 1.82) is 0 Å². The van der Waals surface area contributed by atoms with Gasteiger partial charge in [0.15, 0.2) is 0 Å². The van der Waals surface area contributed by atoms with E-state index in [4.69, 9.17) is 51.4 Å². The molecule has 1 atom stereocenters. The maximum absolute atomic E-state index is 13.0. The standard InChI is InChI=1S/C23H18Cl4N4O/c1-13(23(32)29-12-14-3-2-6-28-11-14)31-21-10-19(27)18(26)9-20(21)30-22(31)7-15-4-5-16(24)8-17(15)25/h2-6,8-11,13H,7,12H2,1H3,(H,29,32)/t13-/m0/s1. The number of nitrogens with one attached hydrogen (secondary N) is 1. The van der Waals surface area contributed by atoms with Crippen molar-refractivity contribution in [1.82, 2.24) is 19.9 Å². The number of benzene rings is 2. The van der Waals surface area contributed by atoms with Crippen molar-refractivity contribution in [3.63, 3.8) is 0 Å². The van der Waals surface area contributed by atoms with Crippen LogP contribution < -0.4 is 5.32 Å². The van der Waals surface area contributed by atoms with Crippen molar-refractivity contribution < 1.29 is 4.79 Å². The van der Waals surface area contributed by atoms with Crippen molar-refractivity contribution in [2.75, 3.05) is 0 Å². The number of rotatable bonds is 6. The lowest BCUT2D eigenvalue weighted by Gasteiger charge is -2.18. The van der Waals surface area contributed by atoms with Crippen LogP contribution in [-0.4, -0.2) is 20.4 Å². The average Bonchev–Trinajstić information content (AvgIpc) is 3.11. The van der Waals surface area contributed by atoms with E-state index < -0.39 is 6.04 Å². The largest absolute Gasteiger partial charge is 0.350 e. The third kappa shape index (κ3) is 4.86. The van der Waals surface area contributed by atoms with Gasteiger partial charge >= 0.3 is 0 Å². The molecule has 0 spiro atoms. The van der Waals surface area contributed by atoms with Crippen molar-refractivity contribution in [2.24, 2.45) is 0 Å². The number of pyridine rings is 1. The Hall–Kier alpha value is -2.31. The van der Waals surface area contributed by atoms with Gasteiger partial charge in [0.1, 0.15) is 11.9 Å². The predicted molar refractivity (Wildman–Crippen MR) is 130 cm³/mol. The van der Waals surface area contributed by atoms with Crippen LogP contribution >= 0.6 is 46.4 Å². The Bertz CT molecular complexity index is 1290. The molecule has 4 rings (SSSR count). The Morgan fingerprint density at radius 1 is 1.06 bits per heavy atom. The molecule has 1 N–H and O–H groups in total. The number of carbonyl (C=O) groups excluding carboxylic acids is 1. The molecule has 0 saturated carbocycles. The molecule has 0 aliphatic rings. The molecule has 2 aromatic heterocycles. The van der Waals surface area contributed by atoms with Crippen LogP contribution in [0.5, 0.6) is 0 Å². The van der Waals surface area contributed by atoms with Gasteiger partial charge in [-0.1, -0.05) is 58.5 Å². The summed E-state index contributed by atoms with van der Waals surface area (Å²) < 4.78 is 1.86. The van der Waals surface area contributed by atoms with Gasteiger partial charge in [-0.15, -0.1) is 0 Å². The van der Waals surface area contributed by atoms with E-state index in [0.29, 0.717) is 49.9 Å². The van der Waals surface area contributed by atoms with E-state index in [9.17, 15) is 4.79 Å². The summed E-state index contributed by atoms with van der Waals surface area (Å²) in [6.07, 6.45) is 3.81. The van der Waals surface area contributed by atoms with Crippen molar-refractivity contribution in [2.45, 2.75) is 25.9 Å². The minimum absolute atomic E-state index is 0.164. The minimum Gasteiger partial charge on any atom is -0.350 e. The van der Waals surface area contributed by atoms with Crippen LogP contribution in [-0.2, 0) is 17.8 Å². The molecular weight excluding hydrogens is 490 g/mol. The van der Waals surface area contributed by atoms with E-state index in [1.165, 1.54) is 0 Å². The zero-order valence-electron chi connectivity index (χ0n) is 16.9. The number of aromatic nitrogens is 3. The van der Waals surface area contributed by atoms with Crippen LogP contribution in [0.2, 0.25) is 20.1 Å². The van der Waals surface area contributed by atoms with Crippen molar-refractivity contribution in [3.05, 3.63) is 91.9 Å². The zero-order valence-corrected chi connectivity index (χ0v) is 20.0. The number of hydrogen-bond acceptors (Lipinski definition) is 3.